The Morgan fingerprint density at radius 3 is 2.90 bits per heavy atom. The normalized spacial score (nSPS) is 17.4. The van der Waals surface area contributed by atoms with E-state index in [1.807, 2.05) is 7.05 Å². The summed E-state index contributed by atoms with van der Waals surface area (Å²) in [4.78, 5) is 4.47. The van der Waals surface area contributed by atoms with Crippen LogP contribution in [0.15, 0.2) is 28.8 Å². The molecule has 1 aliphatic heterocycles. The van der Waals surface area contributed by atoms with Gasteiger partial charge in [-0.2, -0.15) is 14.4 Å². The summed E-state index contributed by atoms with van der Waals surface area (Å²) < 4.78 is 47.9. The van der Waals surface area contributed by atoms with Crippen LogP contribution >= 0.6 is 0 Å². The van der Waals surface area contributed by atoms with Gasteiger partial charge in [0.05, 0.1) is 5.75 Å². The summed E-state index contributed by atoms with van der Waals surface area (Å²) in [5.41, 5.74) is 2.71. The molecule has 0 radical (unpaired) electrons. The molecule has 0 saturated heterocycles. The Bertz CT molecular complexity index is 1180. The molecule has 5 rings (SSSR count). The zero-order valence-electron chi connectivity index (χ0n) is 15.9. The lowest BCUT2D eigenvalue weighted by molar-refractivity contribution is 0.384. The number of aryl methyl sites for hydroxylation is 1. The monoisotopic (exact) mass is 417 g/mol. The number of hydrogen-bond donors (Lipinski definition) is 0. The molecule has 3 heterocycles. The minimum atomic E-state index is -3.62. The lowest BCUT2D eigenvalue weighted by Gasteiger charge is -2.26. The van der Waals surface area contributed by atoms with Gasteiger partial charge in [0.1, 0.15) is 5.82 Å². The van der Waals surface area contributed by atoms with Crippen LogP contribution in [-0.2, 0) is 35.8 Å². The van der Waals surface area contributed by atoms with E-state index >= 15 is 0 Å². The van der Waals surface area contributed by atoms with Gasteiger partial charge in [0.2, 0.25) is 10.0 Å². The summed E-state index contributed by atoms with van der Waals surface area (Å²) in [6.45, 7) is 0.526. The number of fused-ring (bicyclic) bond motifs is 1. The molecule has 1 saturated carbocycles. The minimum absolute atomic E-state index is 0.178. The van der Waals surface area contributed by atoms with Crippen LogP contribution in [-0.4, -0.2) is 39.2 Å². The Hall–Kier alpha value is -2.59. The van der Waals surface area contributed by atoms with E-state index in [0.29, 0.717) is 41.9 Å². The molecule has 0 unspecified atom stereocenters. The highest BCUT2D eigenvalue weighted by molar-refractivity contribution is 7.88. The number of nitrogens with zero attached hydrogens (tertiary/aromatic N) is 5. The lowest BCUT2D eigenvalue weighted by Crippen LogP contribution is -2.37. The second kappa shape index (κ2) is 6.74. The molecular formula is C19H20FN5O3S. The molecule has 0 N–H and O–H groups in total. The standard InChI is InChI=1S/C19H20FN5O3S/c1-24-16-7-8-25(29(26,27)11-12-3-2-4-14(20)9-12)10-15(16)17(22-24)19-21-18(23-28-19)13-5-6-13/h2-4,9,13H,5-8,10-11H2,1H3. The van der Waals surface area contributed by atoms with Gasteiger partial charge in [-0.1, -0.05) is 17.3 Å². The van der Waals surface area contributed by atoms with Gasteiger partial charge in [-0.25, -0.2) is 12.8 Å². The van der Waals surface area contributed by atoms with E-state index in [1.54, 1.807) is 10.7 Å². The van der Waals surface area contributed by atoms with Gasteiger partial charge in [-0.05, 0) is 30.5 Å². The maximum Gasteiger partial charge on any atom is 0.278 e. The Morgan fingerprint density at radius 2 is 2.14 bits per heavy atom. The Morgan fingerprint density at radius 1 is 1.31 bits per heavy atom. The quantitative estimate of drug-likeness (QED) is 0.633. The number of halogens is 1. The van der Waals surface area contributed by atoms with Crippen molar-refractivity contribution < 1.29 is 17.3 Å². The molecule has 10 heteroatoms. The third-order valence-electron chi connectivity index (χ3n) is 5.43. The highest BCUT2D eigenvalue weighted by Gasteiger charge is 2.34. The van der Waals surface area contributed by atoms with Crippen molar-refractivity contribution in [1.82, 2.24) is 24.2 Å². The maximum absolute atomic E-state index is 13.4. The molecule has 0 amide bonds. The molecular weight excluding hydrogens is 397 g/mol. The van der Waals surface area contributed by atoms with Gasteiger partial charge in [-0.15, -0.1) is 0 Å². The maximum atomic E-state index is 13.4. The second-order valence-electron chi connectivity index (χ2n) is 7.60. The van der Waals surface area contributed by atoms with E-state index < -0.39 is 15.8 Å². The van der Waals surface area contributed by atoms with Crippen LogP contribution in [0.2, 0.25) is 0 Å². The van der Waals surface area contributed by atoms with Gasteiger partial charge in [0, 0.05) is 43.7 Å². The summed E-state index contributed by atoms with van der Waals surface area (Å²) in [5.74, 6) is 0.673. The van der Waals surface area contributed by atoms with Crippen LogP contribution in [0.3, 0.4) is 0 Å². The minimum Gasteiger partial charge on any atom is -0.332 e. The van der Waals surface area contributed by atoms with Gasteiger partial charge in [0.25, 0.3) is 5.89 Å². The van der Waals surface area contributed by atoms with Crippen LogP contribution in [0, 0.1) is 5.82 Å². The summed E-state index contributed by atoms with van der Waals surface area (Å²) in [6.07, 6.45) is 2.65. The molecule has 1 fully saturated rings. The molecule has 0 bridgehead atoms. The summed E-state index contributed by atoms with van der Waals surface area (Å²) in [5, 5.41) is 8.56. The van der Waals surface area contributed by atoms with E-state index in [9.17, 15) is 12.8 Å². The number of hydrogen-bond acceptors (Lipinski definition) is 6. The van der Waals surface area contributed by atoms with Crippen molar-refractivity contribution in [2.75, 3.05) is 6.54 Å². The molecule has 0 atom stereocenters. The third-order valence-corrected chi connectivity index (χ3v) is 7.22. The SMILES string of the molecule is Cn1nc(-c2nc(C3CC3)no2)c2c1CCN(S(=O)(=O)Cc1cccc(F)c1)C2. The van der Waals surface area contributed by atoms with E-state index in [4.69, 9.17) is 4.52 Å². The largest absolute Gasteiger partial charge is 0.332 e. The first-order valence-corrected chi connectivity index (χ1v) is 11.1. The molecule has 29 heavy (non-hydrogen) atoms. The second-order valence-corrected chi connectivity index (χ2v) is 9.57. The smallest absolute Gasteiger partial charge is 0.278 e. The zero-order chi connectivity index (χ0) is 20.2. The molecule has 3 aromatic rings. The summed E-state index contributed by atoms with van der Waals surface area (Å²) in [7, 11) is -1.79. The third kappa shape index (κ3) is 3.46. The Labute approximate surface area is 167 Å². The fraction of sp³-hybridized carbons (Fsp3) is 0.421. The van der Waals surface area contributed by atoms with Crippen LogP contribution in [0.4, 0.5) is 4.39 Å². The van der Waals surface area contributed by atoms with Crippen molar-refractivity contribution >= 4 is 10.0 Å². The predicted octanol–water partition coefficient (Wildman–Crippen LogP) is 2.37. The average molecular weight is 417 g/mol. The fourth-order valence-corrected chi connectivity index (χ4v) is 5.22. The van der Waals surface area contributed by atoms with Crippen molar-refractivity contribution in [3.05, 3.63) is 52.7 Å². The molecule has 8 nitrogen and oxygen atoms in total. The first-order valence-electron chi connectivity index (χ1n) is 9.52. The number of benzene rings is 1. The van der Waals surface area contributed by atoms with Crippen LogP contribution < -0.4 is 0 Å². The van der Waals surface area contributed by atoms with Crippen molar-refractivity contribution in [2.24, 2.45) is 7.05 Å². The molecule has 1 aliphatic carbocycles. The number of rotatable bonds is 5. The topological polar surface area (TPSA) is 94.1 Å². The van der Waals surface area contributed by atoms with Crippen molar-refractivity contribution in [1.29, 1.82) is 0 Å². The van der Waals surface area contributed by atoms with Crippen molar-refractivity contribution in [2.45, 2.75) is 37.5 Å². The predicted molar refractivity (Wildman–Crippen MR) is 102 cm³/mol. The summed E-state index contributed by atoms with van der Waals surface area (Å²) in [6, 6.07) is 5.68. The molecule has 2 aliphatic rings. The van der Waals surface area contributed by atoms with Crippen molar-refractivity contribution in [3.8, 4) is 11.6 Å². The van der Waals surface area contributed by atoms with Crippen LogP contribution in [0.25, 0.3) is 11.6 Å². The lowest BCUT2D eigenvalue weighted by atomic mass is 10.1. The van der Waals surface area contributed by atoms with Gasteiger partial charge < -0.3 is 4.52 Å². The van der Waals surface area contributed by atoms with Gasteiger partial charge >= 0.3 is 0 Å². The number of aromatic nitrogens is 4. The Balaban J connectivity index is 1.43. The average Bonchev–Trinajstić information content (AvgIpc) is 3.32. The van der Waals surface area contributed by atoms with E-state index in [0.717, 1.165) is 24.1 Å². The molecule has 2 aromatic heterocycles. The first-order chi connectivity index (χ1) is 13.9. The zero-order valence-corrected chi connectivity index (χ0v) is 16.7. The molecule has 152 valence electrons. The molecule has 0 spiro atoms. The first kappa shape index (κ1) is 18.4. The number of sulfonamides is 1. The van der Waals surface area contributed by atoms with E-state index in [-0.39, 0.29) is 12.3 Å². The van der Waals surface area contributed by atoms with Gasteiger partial charge in [-0.3, -0.25) is 4.68 Å². The van der Waals surface area contributed by atoms with Gasteiger partial charge in [0.15, 0.2) is 11.5 Å². The summed E-state index contributed by atoms with van der Waals surface area (Å²) >= 11 is 0. The van der Waals surface area contributed by atoms with Crippen LogP contribution in [0.5, 0.6) is 0 Å². The molecule has 1 aromatic carbocycles. The highest BCUT2D eigenvalue weighted by atomic mass is 32.2. The highest BCUT2D eigenvalue weighted by Crippen LogP contribution is 2.39. The fourth-order valence-electron chi connectivity index (χ4n) is 3.74. The Kier molecular flexibility index (Phi) is 4.28. The van der Waals surface area contributed by atoms with Crippen LogP contribution in [0.1, 0.15) is 41.4 Å². The van der Waals surface area contributed by atoms with Crippen molar-refractivity contribution in [3.63, 3.8) is 0 Å². The van der Waals surface area contributed by atoms with E-state index in [2.05, 4.69) is 15.2 Å². The van der Waals surface area contributed by atoms with E-state index in [1.165, 1.54) is 22.5 Å².